The van der Waals surface area contributed by atoms with Gasteiger partial charge in [0.1, 0.15) is 12.4 Å². The molecule has 1 aromatic carbocycles. The number of ether oxygens (including phenoxy) is 1. The Labute approximate surface area is 135 Å². The normalized spacial score (nSPS) is 13.2. The van der Waals surface area contributed by atoms with Crippen molar-refractivity contribution >= 4 is 6.34 Å². The van der Waals surface area contributed by atoms with Crippen molar-refractivity contribution in [1.82, 2.24) is 4.90 Å². The Hall–Kier alpha value is -2.03. The third-order valence-electron chi connectivity index (χ3n) is 3.45. The highest BCUT2D eigenvalue weighted by atomic mass is 16.5. The van der Waals surface area contributed by atoms with Crippen molar-refractivity contribution in [2.45, 2.75) is 34.1 Å². The second kappa shape index (κ2) is 9.82. The molecule has 0 bridgehead atoms. The summed E-state index contributed by atoms with van der Waals surface area (Å²) in [5.41, 5.74) is 3.46. The maximum absolute atomic E-state index is 5.78. The van der Waals surface area contributed by atoms with E-state index < -0.39 is 0 Å². The highest BCUT2D eigenvalue weighted by Crippen LogP contribution is 2.15. The molecule has 0 aliphatic carbocycles. The van der Waals surface area contributed by atoms with Crippen molar-refractivity contribution in [3.63, 3.8) is 0 Å². The van der Waals surface area contributed by atoms with Gasteiger partial charge in [0.25, 0.3) is 0 Å². The second-order valence-corrected chi connectivity index (χ2v) is 5.43. The fraction of sp³-hybridized carbons (Fsp3) is 0.421. The summed E-state index contributed by atoms with van der Waals surface area (Å²) < 4.78 is 5.78. The van der Waals surface area contributed by atoms with E-state index >= 15 is 0 Å². The Balaban J connectivity index is 2.76. The van der Waals surface area contributed by atoms with Crippen molar-refractivity contribution in [1.29, 1.82) is 0 Å². The molecule has 0 amide bonds. The molecule has 1 rings (SSSR count). The summed E-state index contributed by atoms with van der Waals surface area (Å²) >= 11 is 0. The number of para-hydroxylation sites is 1. The molecule has 1 aromatic rings. The van der Waals surface area contributed by atoms with Gasteiger partial charge in [-0.1, -0.05) is 25.1 Å². The smallest absolute Gasteiger partial charge is 0.119 e. The van der Waals surface area contributed by atoms with E-state index in [0.717, 1.165) is 30.0 Å². The average molecular weight is 300 g/mol. The van der Waals surface area contributed by atoms with Crippen LogP contribution in [0.3, 0.4) is 0 Å². The van der Waals surface area contributed by atoms with Crippen LogP contribution >= 0.6 is 0 Å². The highest BCUT2D eigenvalue weighted by Gasteiger charge is 2.00. The van der Waals surface area contributed by atoms with Crippen molar-refractivity contribution in [2.75, 3.05) is 20.2 Å². The van der Waals surface area contributed by atoms with Gasteiger partial charge in [0.05, 0.1) is 12.0 Å². The predicted molar refractivity (Wildman–Crippen MR) is 95.5 cm³/mol. The number of rotatable bonds is 8. The number of hydrogen-bond donors (Lipinski definition) is 0. The van der Waals surface area contributed by atoms with E-state index in [1.807, 2.05) is 43.7 Å². The summed E-state index contributed by atoms with van der Waals surface area (Å²) in [5, 5.41) is 0. The molecule has 0 fully saturated rings. The van der Waals surface area contributed by atoms with Gasteiger partial charge in [-0.3, -0.25) is 0 Å². The van der Waals surface area contributed by atoms with Gasteiger partial charge in [0.2, 0.25) is 0 Å². The minimum absolute atomic E-state index is 0.573. The second-order valence-electron chi connectivity index (χ2n) is 5.43. The molecule has 0 saturated heterocycles. The molecule has 0 radical (unpaired) electrons. The lowest BCUT2D eigenvalue weighted by Crippen LogP contribution is -2.14. The quantitative estimate of drug-likeness (QED) is 0.396. The van der Waals surface area contributed by atoms with Gasteiger partial charge in [-0.05, 0) is 56.5 Å². The Bertz CT molecular complexity index is 530. The SMILES string of the molecule is CC/C(C)=C(\C=C(\C)COc1ccccc1)N=CN(C)CC. The zero-order valence-electron chi connectivity index (χ0n) is 14.5. The van der Waals surface area contributed by atoms with Crippen molar-refractivity contribution in [3.05, 3.63) is 53.3 Å². The van der Waals surface area contributed by atoms with E-state index in [1.165, 1.54) is 5.57 Å². The third kappa shape index (κ3) is 6.61. The summed E-state index contributed by atoms with van der Waals surface area (Å²) in [6, 6.07) is 9.88. The van der Waals surface area contributed by atoms with Crippen LogP contribution in [0.15, 0.2) is 58.2 Å². The number of hydrogen-bond acceptors (Lipinski definition) is 2. The summed E-state index contributed by atoms with van der Waals surface area (Å²) in [7, 11) is 2.03. The molecule has 3 heteroatoms. The molecule has 120 valence electrons. The van der Waals surface area contributed by atoms with Crippen LogP contribution in [0.4, 0.5) is 0 Å². The van der Waals surface area contributed by atoms with Crippen molar-refractivity contribution < 1.29 is 4.74 Å². The van der Waals surface area contributed by atoms with E-state index in [4.69, 9.17) is 4.74 Å². The van der Waals surface area contributed by atoms with E-state index in [-0.39, 0.29) is 0 Å². The highest BCUT2D eigenvalue weighted by molar-refractivity contribution is 5.57. The van der Waals surface area contributed by atoms with Crippen LogP contribution in [0.1, 0.15) is 34.1 Å². The maximum Gasteiger partial charge on any atom is 0.119 e. The first-order valence-corrected chi connectivity index (χ1v) is 7.86. The van der Waals surface area contributed by atoms with Crippen LogP contribution in [0, 0.1) is 0 Å². The molecular weight excluding hydrogens is 272 g/mol. The lowest BCUT2D eigenvalue weighted by molar-refractivity contribution is 0.352. The molecular formula is C19H28N2O. The Morgan fingerprint density at radius 1 is 1.18 bits per heavy atom. The zero-order chi connectivity index (χ0) is 16.4. The first kappa shape index (κ1) is 18.0. The van der Waals surface area contributed by atoms with E-state index in [9.17, 15) is 0 Å². The summed E-state index contributed by atoms with van der Waals surface area (Å²) in [5.74, 6) is 0.891. The average Bonchev–Trinajstić information content (AvgIpc) is 2.56. The van der Waals surface area contributed by atoms with Crippen LogP contribution < -0.4 is 4.74 Å². The standard InChI is InChI=1S/C19H28N2O/c1-6-17(4)19(20-15-21(5)7-2)13-16(3)14-22-18-11-9-8-10-12-18/h8-13,15H,6-7,14H2,1-5H3/b16-13-,19-17+,20-15?. The van der Waals surface area contributed by atoms with Crippen LogP contribution in [0.5, 0.6) is 5.75 Å². The minimum Gasteiger partial charge on any atom is -0.489 e. The molecule has 0 aromatic heterocycles. The van der Waals surface area contributed by atoms with Gasteiger partial charge in [-0.2, -0.15) is 0 Å². The van der Waals surface area contributed by atoms with E-state index in [1.54, 1.807) is 0 Å². The molecule has 0 heterocycles. The molecule has 0 unspecified atom stereocenters. The topological polar surface area (TPSA) is 24.8 Å². The Morgan fingerprint density at radius 2 is 1.86 bits per heavy atom. The molecule has 0 atom stereocenters. The van der Waals surface area contributed by atoms with Crippen molar-refractivity contribution in [3.8, 4) is 5.75 Å². The third-order valence-corrected chi connectivity index (χ3v) is 3.45. The van der Waals surface area contributed by atoms with Gasteiger partial charge >= 0.3 is 0 Å². The van der Waals surface area contributed by atoms with E-state index in [2.05, 4.69) is 43.7 Å². The predicted octanol–water partition coefficient (Wildman–Crippen LogP) is 4.68. The first-order valence-electron chi connectivity index (χ1n) is 7.86. The lowest BCUT2D eigenvalue weighted by Gasteiger charge is -2.10. The fourth-order valence-electron chi connectivity index (χ4n) is 1.68. The Kier molecular flexibility index (Phi) is 8.05. The maximum atomic E-state index is 5.78. The largest absolute Gasteiger partial charge is 0.489 e. The first-order chi connectivity index (χ1) is 10.6. The van der Waals surface area contributed by atoms with Crippen molar-refractivity contribution in [2.24, 2.45) is 4.99 Å². The molecule has 22 heavy (non-hydrogen) atoms. The van der Waals surface area contributed by atoms with Gasteiger partial charge < -0.3 is 9.64 Å². The molecule has 0 N–H and O–H groups in total. The monoisotopic (exact) mass is 300 g/mol. The van der Waals surface area contributed by atoms with Crippen LogP contribution in [-0.2, 0) is 0 Å². The molecule has 0 aliphatic heterocycles. The Morgan fingerprint density at radius 3 is 2.45 bits per heavy atom. The lowest BCUT2D eigenvalue weighted by atomic mass is 10.1. The van der Waals surface area contributed by atoms with Gasteiger partial charge in [0.15, 0.2) is 0 Å². The summed E-state index contributed by atoms with van der Waals surface area (Å²) in [6.07, 6.45) is 4.99. The van der Waals surface area contributed by atoms with E-state index in [0.29, 0.717) is 6.61 Å². The van der Waals surface area contributed by atoms with Crippen LogP contribution in [0.2, 0.25) is 0 Å². The molecule has 0 saturated carbocycles. The number of aliphatic imine (C=N–C) groups is 1. The molecule has 0 spiro atoms. The fourth-order valence-corrected chi connectivity index (χ4v) is 1.68. The number of nitrogens with zero attached hydrogens (tertiary/aromatic N) is 2. The van der Waals surface area contributed by atoms with Crippen LogP contribution in [0.25, 0.3) is 0 Å². The summed E-state index contributed by atoms with van der Waals surface area (Å²) in [4.78, 5) is 6.67. The number of benzene rings is 1. The van der Waals surface area contributed by atoms with Gasteiger partial charge in [-0.15, -0.1) is 0 Å². The zero-order valence-corrected chi connectivity index (χ0v) is 14.5. The molecule has 3 nitrogen and oxygen atoms in total. The molecule has 0 aliphatic rings. The van der Waals surface area contributed by atoms with Gasteiger partial charge in [0, 0.05) is 13.6 Å². The van der Waals surface area contributed by atoms with Gasteiger partial charge in [-0.25, -0.2) is 4.99 Å². The van der Waals surface area contributed by atoms with Crippen LogP contribution in [-0.4, -0.2) is 31.4 Å². The summed E-state index contributed by atoms with van der Waals surface area (Å²) in [6.45, 7) is 9.98. The minimum atomic E-state index is 0.573. The number of allylic oxidation sites excluding steroid dienone is 2.